The van der Waals surface area contributed by atoms with Gasteiger partial charge in [-0.05, 0) is 20.2 Å². The number of aromatic nitrogens is 2. The number of nitrogens with zero attached hydrogens (tertiary/aromatic N) is 3. The highest BCUT2D eigenvalue weighted by Gasteiger charge is 2.19. The second kappa shape index (κ2) is 7.13. The van der Waals surface area contributed by atoms with Gasteiger partial charge in [-0.1, -0.05) is 0 Å². The Labute approximate surface area is 130 Å². The molecule has 0 unspecified atom stereocenters. The van der Waals surface area contributed by atoms with E-state index in [4.69, 9.17) is 14.2 Å². The molecule has 0 bridgehead atoms. The molecule has 2 aromatic rings. The fraction of sp³-hybridized carbons (Fsp3) is 0.467. The fourth-order valence-electron chi connectivity index (χ4n) is 2.20. The van der Waals surface area contributed by atoms with Crippen LogP contribution in [0.3, 0.4) is 0 Å². The molecule has 0 aliphatic rings. The molecule has 1 aromatic heterocycles. The maximum Gasteiger partial charge on any atom is 0.205 e. The van der Waals surface area contributed by atoms with Crippen molar-refractivity contribution in [1.82, 2.24) is 14.9 Å². The van der Waals surface area contributed by atoms with E-state index >= 15 is 0 Å². The summed E-state index contributed by atoms with van der Waals surface area (Å²) >= 11 is 0. The van der Waals surface area contributed by atoms with Crippen molar-refractivity contribution in [3.8, 4) is 17.2 Å². The zero-order valence-electron chi connectivity index (χ0n) is 13.6. The topological polar surface area (TPSA) is 68.7 Å². The number of hydrogen-bond acceptors (Lipinski definition) is 7. The molecule has 1 N–H and O–H groups in total. The quantitative estimate of drug-likeness (QED) is 0.833. The molecule has 7 heteroatoms. The zero-order chi connectivity index (χ0) is 16.1. The molecule has 120 valence electrons. The molecule has 1 heterocycles. The van der Waals surface area contributed by atoms with Gasteiger partial charge in [-0.25, -0.2) is 9.97 Å². The molecule has 0 aliphatic heterocycles. The van der Waals surface area contributed by atoms with Crippen LogP contribution in [0.1, 0.15) is 0 Å². The predicted octanol–water partition coefficient (Wildman–Crippen LogP) is 1.63. The van der Waals surface area contributed by atoms with Crippen LogP contribution in [0.5, 0.6) is 17.2 Å². The Morgan fingerprint density at radius 2 is 1.77 bits per heavy atom. The number of hydrogen-bond donors (Lipinski definition) is 1. The van der Waals surface area contributed by atoms with Gasteiger partial charge in [0.2, 0.25) is 5.75 Å². The van der Waals surface area contributed by atoms with Gasteiger partial charge >= 0.3 is 0 Å². The Bertz CT molecular complexity index is 646. The minimum absolute atomic E-state index is 0.524. The van der Waals surface area contributed by atoms with Crippen LogP contribution in [0.25, 0.3) is 10.9 Å². The first-order valence-electron chi connectivity index (χ1n) is 6.94. The molecule has 0 atom stereocenters. The molecule has 0 radical (unpaired) electrons. The van der Waals surface area contributed by atoms with Crippen LogP contribution in [0.4, 0.5) is 5.82 Å². The molecule has 0 aliphatic carbocycles. The summed E-state index contributed by atoms with van der Waals surface area (Å²) in [4.78, 5) is 10.7. The first-order valence-corrected chi connectivity index (χ1v) is 6.94. The lowest BCUT2D eigenvalue weighted by atomic mass is 10.2. The second-order valence-corrected chi connectivity index (χ2v) is 4.99. The lowest BCUT2D eigenvalue weighted by molar-refractivity contribution is 0.327. The van der Waals surface area contributed by atoms with Crippen molar-refractivity contribution >= 4 is 16.7 Å². The average molecular weight is 306 g/mol. The van der Waals surface area contributed by atoms with Crippen molar-refractivity contribution in [2.24, 2.45) is 0 Å². The molecule has 1 aromatic carbocycles. The number of rotatable bonds is 7. The first-order chi connectivity index (χ1) is 10.6. The highest BCUT2D eigenvalue weighted by atomic mass is 16.5. The summed E-state index contributed by atoms with van der Waals surface area (Å²) in [5, 5.41) is 4.14. The van der Waals surface area contributed by atoms with Gasteiger partial charge in [-0.3, -0.25) is 0 Å². The highest BCUT2D eigenvalue weighted by Crippen LogP contribution is 2.43. The van der Waals surface area contributed by atoms with E-state index in [1.807, 2.05) is 20.2 Å². The largest absolute Gasteiger partial charge is 0.493 e. The van der Waals surface area contributed by atoms with Gasteiger partial charge in [0, 0.05) is 13.1 Å². The molecule has 0 amide bonds. The van der Waals surface area contributed by atoms with E-state index in [0.717, 1.165) is 24.3 Å². The molecule has 0 spiro atoms. The van der Waals surface area contributed by atoms with E-state index in [-0.39, 0.29) is 0 Å². The van der Waals surface area contributed by atoms with Crippen LogP contribution >= 0.6 is 0 Å². The standard InChI is InChI=1S/C15H22N4O3/c1-19(2)7-6-16-15-10-8-11(20-3)13(21-4)14(22-5)12(10)17-9-18-15/h8-9H,6-7H2,1-5H3,(H,16,17,18). The number of ether oxygens (including phenoxy) is 3. The number of benzene rings is 1. The third-order valence-corrected chi connectivity index (χ3v) is 3.28. The Morgan fingerprint density at radius 1 is 1.05 bits per heavy atom. The van der Waals surface area contributed by atoms with Crippen LogP contribution in [0.2, 0.25) is 0 Å². The summed E-state index contributed by atoms with van der Waals surface area (Å²) in [5.74, 6) is 2.38. The van der Waals surface area contributed by atoms with Gasteiger partial charge < -0.3 is 24.4 Å². The Hall–Kier alpha value is -2.28. The number of nitrogens with one attached hydrogen (secondary N) is 1. The lowest BCUT2D eigenvalue weighted by Gasteiger charge is -2.16. The van der Waals surface area contributed by atoms with Crippen LogP contribution in [0.15, 0.2) is 12.4 Å². The summed E-state index contributed by atoms with van der Waals surface area (Å²) < 4.78 is 16.2. The maximum atomic E-state index is 5.46. The van der Waals surface area contributed by atoms with Crippen LogP contribution < -0.4 is 19.5 Å². The summed E-state index contributed by atoms with van der Waals surface area (Å²) in [7, 11) is 8.79. The Morgan fingerprint density at radius 3 is 2.36 bits per heavy atom. The summed E-state index contributed by atoms with van der Waals surface area (Å²) in [6, 6.07) is 1.86. The fourth-order valence-corrected chi connectivity index (χ4v) is 2.20. The molecular weight excluding hydrogens is 284 g/mol. The third kappa shape index (κ3) is 3.14. The minimum atomic E-state index is 0.524. The SMILES string of the molecule is COc1cc2c(NCCN(C)C)ncnc2c(OC)c1OC. The van der Waals surface area contributed by atoms with E-state index < -0.39 is 0 Å². The smallest absolute Gasteiger partial charge is 0.205 e. The number of likely N-dealkylation sites (N-methyl/N-ethyl adjacent to an activating group) is 1. The number of fused-ring (bicyclic) bond motifs is 1. The monoisotopic (exact) mass is 306 g/mol. The number of anilines is 1. The summed E-state index contributed by atoms with van der Waals surface area (Å²) in [5.41, 5.74) is 0.683. The van der Waals surface area contributed by atoms with E-state index in [0.29, 0.717) is 22.8 Å². The van der Waals surface area contributed by atoms with Gasteiger partial charge in [0.1, 0.15) is 17.7 Å². The first kappa shape index (κ1) is 16.1. The molecule has 0 fully saturated rings. The summed E-state index contributed by atoms with van der Waals surface area (Å²) in [6.07, 6.45) is 1.51. The van der Waals surface area contributed by atoms with Crippen molar-refractivity contribution in [1.29, 1.82) is 0 Å². The molecule has 0 saturated heterocycles. The van der Waals surface area contributed by atoms with Crippen molar-refractivity contribution < 1.29 is 14.2 Å². The Kier molecular flexibility index (Phi) is 5.21. The van der Waals surface area contributed by atoms with E-state index in [2.05, 4.69) is 20.2 Å². The van der Waals surface area contributed by atoms with Crippen molar-refractivity contribution in [2.75, 3.05) is 53.8 Å². The molecule has 0 saturated carbocycles. The van der Waals surface area contributed by atoms with E-state index in [9.17, 15) is 0 Å². The highest BCUT2D eigenvalue weighted by molar-refractivity contribution is 5.96. The molecule has 22 heavy (non-hydrogen) atoms. The Balaban J connectivity index is 2.51. The second-order valence-electron chi connectivity index (χ2n) is 4.99. The van der Waals surface area contributed by atoms with Crippen LogP contribution in [-0.2, 0) is 0 Å². The van der Waals surface area contributed by atoms with Crippen molar-refractivity contribution in [2.45, 2.75) is 0 Å². The normalized spacial score (nSPS) is 10.8. The third-order valence-electron chi connectivity index (χ3n) is 3.28. The van der Waals surface area contributed by atoms with Gasteiger partial charge in [0.15, 0.2) is 11.5 Å². The number of methoxy groups -OCH3 is 3. The summed E-state index contributed by atoms with van der Waals surface area (Å²) in [6.45, 7) is 1.67. The van der Waals surface area contributed by atoms with Crippen molar-refractivity contribution in [3.05, 3.63) is 12.4 Å². The zero-order valence-corrected chi connectivity index (χ0v) is 13.6. The van der Waals surface area contributed by atoms with E-state index in [1.165, 1.54) is 6.33 Å². The van der Waals surface area contributed by atoms with Gasteiger partial charge in [0.25, 0.3) is 0 Å². The van der Waals surface area contributed by atoms with Crippen LogP contribution in [0, 0.1) is 0 Å². The molecular formula is C15H22N4O3. The maximum absolute atomic E-state index is 5.46. The van der Waals surface area contributed by atoms with Crippen LogP contribution in [-0.4, -0.2) is 63.4 Å². The van der Waals surface area contributed by atoms with Gasteiger partial charge in [0.05, 0.1) is 26.7 Å². The van der Waals surface area contributed by atoms with Gasteiger partial charge in [-0.15, -0.1) is 0 Å². The average Bonchev–Trinajstić information content (AvgIpc) is 2.52. The van der Waals surface area contributed by atoms with Crippen molar-refractivity contribution in [3.63, 3.8) is 0 Å². The lowest BCUT2D eigenvalue weighted by Crippen LogP contribution is -2.21. The molecule has 2 rings (SSSR count). The van der Waals surface area contributed by atoms with Gasteiger partial charge in [-0.2, -0.15) is 0 Å². The van der Waals surface area contributed by atoms with E-state index in [1.54, 1.807) is 21.3 Å². The molecule has 7 nitrogen and oxygen atoms in total. The predicted molar refractivity (Wildman–Crippen MR) is 86.2 cm³/mol. The minimum Gasteiger partial charge on any atom is -0.493 e.